The number of rotatable bonds is 3. The molecule has 28 heavy (non-hydrogen) atoms. The summed E-state index contributed by atoms with van der Waals surface area (Å²) in [5.74, 6) is -1.30. The molecule has 0 unspecified atom stereocenters. The molecule has 0 aliphatic carbocycles. The zero-order chi connectivity index (χ0) is 19.8. The van der Waals surface area contributed by atoms with E-state index in [9.17, 15) is 14.0 Å². The summed E-state index contributed by atoms with van der Waals surface area (Å²) >= 11 is 6.12. The van der Waals surface area contributed by atoms with Gasteiger partial charge in [0.2, 0.25) is 0 Å². The van der Waals surface area contributed by atoms with Crippen LogP contribution in [-0.4, -0.2) is 28.3 Å². The number of amides is 1. The van der Waals surface area contributed by atoms with Gasteiger partial charge in [-0.15, -0.1) is 0 Å². The van der Waals surface area contributed by atoms with Gasteiger partial charge in [-0.2, -0.15) is 0 Å². The molecule has 2 aromatic heterocycles. The van der Waals surface area contributed by atoms with Crippen molar-refractivity contribution < 1.29 is 23.1 Å². The smallest absolute Gasteiger partial charge is 0.340 e. The highest BCUT2D eigenvalue weighted by Gasteiger charge is 2.23. The first kappa shape index (κ1) is 18.3. The highest BCUT2D eigenvalue weighted by Crippen LogP contribution is 2.33. The molecule has 3 aromatic rings. The second-order valence-electron chi connectivity index (χ2n) is 5.79. The molecule has 1 aromatic carbocycles. The Labute approximate surface area is 167 Å². The number of furan rings is 1. The monoisotopic (exact) mass is 414 g/mol. The maximum Gasteiger partial charge on any atom is 0.340 e. The summed E-state index contributed by atoms with van der Waals surface area (Å²) < 4.78 is 25.1. The molecule has 1 N–H and O–H groups in total. The summed E-state index contributed by atoms with van der Waals surface area (Å²) in [6, 6.07) is 5.89. The number of nitrogens with one attached hydrogen (secondary N) is 1. The molecule has 3 heterocycles. The number of ether oxygens (including phenoxy) is 1. The molecule has 0 atom stereocenters. The first-order chi connectivity index (χ1) is 13.5. The lowest BCUT2D eigenvalue weighted by molar-refractivity contribution is -0.115. The van der Waals surface area contributed by atoms with Gasteiger partial charge in [0.15, 0.2) is 0 Å². The number of hydrogen-bond donors (Lipinski definition) is 1. The summed E-state index contributed by atoms with van der Waals surface area (Å²) in [6.45, 7) is 0. The molecule has 0 saturated carbocycles. The van der Waals surface area contributed by atoms with Crippen molar-refractivity contribution >= 4 is 57.2 Å². The number of carbonyl (C=O) groups is 2. The zero-order valence-corrected chi connectivity index (χ0v) is 15.9. The lowest BCUT2D eigenvalue weighted by atomic mass is 10.0. The normalized spacial score (nSPS) is 15.3. The van der Waals surface area contributed by atoms with Crippen molar-refractivity contribution in [3.63, 3.8) is 0 Å². The van der Waals surface area contributed by atoms with Gasteiger partial charge in [-0.1, -0.05) is 30.0 Å². The number of carbonyl (C=O) groups excluding carboxylic acids is 2. The van der Waals surface area contributed by atoms with Crippen molar-refractivity contribution in [1.29, 1.82) is 0 Å². The number of methoxy groups -OCH3 is 1. The van der Waals surface area contributed by atoms with E-state index in [2.05, 4.69) is 15.0 Å². The Hall–Kier alpha value is -3.04. The number of esters is 1. The lowest BCUT2D eigenvalue weighted by Gasteiger charge is -2.05. The van der Waals surface area contributed by atoms with Crippen LogP contribution in [0.2, 0.25) is 0 Å². The van der Waals surface area contributed by atoms with Crippen molar-refractivity contribution in [2.45, 2.75) is 0 Å². The molecule has 9 heteroatoms. The molecule has 1 saturated heterocycles. The fourth-order valence-electron chi connectivity index (χ4n) is 2.77. The third-order valence-corrected chi connectivity index (χ3v) is 5.21. The van der Waals surface area contributed by atoms with Gasteiger partial charge in [-0.05, 0) is 23.8 Å². The van der Waals surface area contributed by atoms with Gasteiger partial charge in [0.25, 0.3) is 5.91 Å². The van der Waals surface area contributed by atoms with E-state index in [0.717, 1.165) is 11.8 Å². The second kappa shape index (κ2) is 7.17. The molecule has 0 radical (unpaired) electrons. The standard InChI is InChI=1S/C19H11FN2O4S2/c1-25-18(24)12-3-2-9(5-14(12)20)13-8-21-7-10-4-11(26-16(10)13)6-15-17(23)22-19(27)28-15/h2-8H,1H3,(H,22,23,27). The zero-order valence-electron chi connectivity index (χ0n) is 14.3. The third kappa shape index (κ3) is 3.30. The summed E-state index contributed by atoms with van der Waals surface area (Å²) in [4.78, 5) is 28.0. The number of nitrogens with zero attached hydrogens (tertiary/aromatic N) is 1. The topological polar surface area (TPSA) is 81.4 Å². The van der Waals surface area contributed by atoms with Crippen LogP contribution in [-0.2, 0) is 9.53 Å². The molecule has 1 amide bonds. The maximum absolute atomic E-state index is 14.3. The Balaban J connectivity index is 1.77. The number of thiocarbonyl (C=S) groups is 1. The van der Waals surface area contributed by atoms with Crippen molar-refractivity contribution in [1.82, 2.24) is 10.3 Å². The molecule has 1 aliphatic rings. The average Bonchev–Trinajstić information content (AvgIpc) is 3.22. The quantitative estimate of drug-likeness (QED) is 0.395. The van der Waals surface area contributed by atoms with Crippen LogP contribution >= 0.6 is 24.0 Å². The second-order valence-corrected chi connectivity index (χ2v) is 7.51. The SMILES string of the molecule is COC(=O)c1ccc(-c2cncc3cc(C=C4SC(=S)NC4=O)oc23)cc1F. The molecule has 140 valence electrons. The van der Waals surface area contributed by atoms with E-state index in [0.29, 0.717) is 37.1 Å². The highest BCUT2D eigenvalue weighted by atomic mass is 32.2. The fraction of sp³-hybridized carbons (Fsp3) is 0.0526. The lowest BCUT2D eigenvalue weighted by Crippen LogP contribution is -2.17. The minimum Gasteiger partial charge on any atom is -0.465 e. The van der Waals surface area contributed by atoms with Crippen molar-refractivity contribution in [3.8, 4) is 11.1 Å². The Kier molecular flexibility index (Phi) is 4.70. The largest absolute Gasteiger partial charge is 0.465 e. The number of aromatic nitrogens is 1. The van der Waals surface area contributed by atoms with Crippen LogP contribution in [0.3, 0.4) is 0 Å². The van der Waals surface area contributed by atoms with Crippen LogP contribution in [0.15, 0.2) is 46.0 Å². The Morgan fingerprint density at radius 1 is 1.36 bits per heavy atom. The first-order valence-corrected chi connectivity index (χ1v) is 9.19. The van der Waals surface area contributed by atoms with E-state index < -0.39 is 11.8 Å². The molecular formula is C19H11FN2O4S2. The van der Waals surface area contributed by atoms with Crippen LogP contribution in [0, 0.1) is 5.82 Å². The van der Waals surface area contributed by atoms with Crippen LogP contribution in [0.4, 0.5) is 4.39 Å². The van der Waals surface area contributed by atoms with Crippen LogP contribution in [0.25, 0.3) is 28.2 Å². The van der Waals surface area contributed by atoms with E-state index in [4.69, 9.17) is 16.6 Å². The van der Waals surface area contributed by atoms with Gasteiger partial charge in [0, 0.05) is 29.4 Å². The van der Waals surface area contributed by atoms with E-state index in [1.165, 1.54) is 19.2 Å². The van der Waals surface area contributed by atoms with E-state index in [1.807, 2.05) is 0 Å². The van der Waals surface area contributed by atoms with Gasteiger partial charge >= 0.3 is 5.97 Å². The summed E-state index contributed by atoms with van der Waals surface area (Å²) in [6.07, 6.45) is 4.74. The van der Waals surface area contributed by atoms with Crippen LogP contribution < -0.4 is 5.32 Å². The van der Waals surface area contributed by atoms with E-state index >= 15 is 0 Å². The van der Waals surface area contributed by atoms with Gasteiger partial charge in [0.05, 0.1) is 17.6 Å². The molecule has 0 spiro atoms. The predicted molar refractivity (Wildman–Crippen MR) is 107 cm³/mol. The van der Waals surface area contributed by atoms with Gasteiger partial charge < -0.3 is 14.5 Å². The van der Waals surface area contributed by atoms with Gasteiger partial charge in [-0.25, -0.2) is 9.18 Å². The van der Waals surface area contributed by atoms with Crippen LogP contribution in [0.1, 0.15) is 16.1 Å². The third-order valence-electron chi connectivity index (χ3n) is 4.04. The Morgan fingerprint density at radius 3 is 2.86 bits per heavy atom. The Bertz CT molecular complexity index is 1190. The number of pyridine rings is 1. The van der Waals surface area contributed by atoms with Crippen LogP contribution in [0.5, 0.6) is 0 Å². The molecule has 1 fully saturated rings. The number of thioether (sulfide) groups is 1. The molecule has 4 rings (SSSR count). The number of hydrogen-bond acceptors (Lipinski definition) is 7. The van der Waals surface area contributed by atoms with Gasteiger partial charge in [0.1, 0.15) is 21.5 Å². The summed E-state index contributed by atoms with van der Waals surface area (Å²) in [5.41, 5.74) is 1.37. The molecule has 1 aliphatic heterocycles. The minimum atomic E-state index is -0.752. The average molecular weight is 414 g/mol. The van der Waals surface area contributed by atoms with Gasteiger partial charge in [-0.3, -0.25) is 9.78 Å². The first-order valence-electron chi connectivity index (χ1n) is 7.97. The van der Waals surface area contributed by atoms with Crippen molar-refractivity contribution in [2.24, 2.45) is 0 Å². The highest BCUT2D eigenvalue weighted by molar-refractivity contribution is 8.26. The molecule has 6 nitrogen and oxygen atoms in total. The number of fused-ring (bicyclic) bond motifs is 1. The molecular weight excluding hydrogens is 403 g/mol. The Morgan fingerprint density at radius 2 is 2.18 bits per heavy atom. The van der Waals surface area contributed by atoms with E-state index in [-0.39, 0.29) is 11.5 Å². The summed E-state index contributed by atoms with van der Waals surface area (Å²) in [7, 11) is 1.19. The molecule has 0 bridgehead atoms. The summed E-state index contributed by atoms with van der Waals surface area (Å²) in [5, 5.41) is 3.23. The minimum absolute atomic E-state index is 0.156. The van der Waals surface area contributed by atoms with E-state index in [1.54, 1.807) is 30.6 Å². The number of benzene rings is 1. The van der Waals surface area contributed by atoms with Crippen molar-refractivity contribution in [3.05, 3.63) is 58.7 Å². The predicted octanol–water partition coefficient (Wildman–Crippen LogP) is 3.91. The maximum atomic E-state index is 14.3. The van der Waals surface area contributed by atoms with Crippen molar-refractivity contribution in [2.75, 3.05) is 7.11 Å². The fourth-order valence-corrected chi connectivity index (χ4v) is 3.79. The number of halogens is 1.